The number of unbranched alkanes of at least 4 members (excludes halogenated alkanes) is 12. The van der Waals surface area contributed by atoms with E-state index in [1.54, 1.807) is 0 Å². The predicted octanol–water partition coefficient (Wildman–Crippen LogP) is -2.21. The van der Waals surface area contributed by atoms with Crippen LogP contribution in [0.25, 0.3) is 0 Å². The van der Waals surface area contributed by atoms with Crippen LogP contribution in [0.1, 0.15) is 110 Å². The minimum absolute atomic E-state index is 0.0319. The molecule has 3 aliphatic rings. The lowest BCUT2D eigenvalue weighted by Crippen LogP contribution is -2.97. The fourth-order valence-corrected chi connectivity index (χ4v) is 7.24. The molecule has 3 aliphatic heterocycles. The summed E-state index contributed by atoms with van der Waals surface area (Å²) in [5.41, 5.74) is 0. The molecule has 0 spiro atoms. The van der Waals surface area contributed by atoms with E-state index in [2.05, 4.69) is 19.2 Å². The first-order valence-electron chi connectivity index (χ1n) is 19.6. The van der Waals surface area contributed by atoms with E-state index in [1.807, 2.05) is 10.2 Å². The van der Waals surface area contributed by atoms with Gasteiger partial charge < -0.3 is 61.7 Å². The highest BCUT2D eigenvalue weighted by Crippen LogP contribution is 2.21. The van der Waals surface area contributed by atoms with Gasteiger partial charge >= 0.3 is 0 Å². The number of hydrogen-bond acceptors (Lipinski definition) is 11. The molecule has 13 heteroatoms. The van der Waals surface area contributed by atoms with Crippen LogP contribution in [0.2, 0.25) is 0 Å². The van der Waals surface area contributed by atoms with Crippen molar-refractivity contribution in [1.29, 1.82) is 0 Å². The minimum atomic E-state index is -1.16. The van der Waals surface area contributed by atoms with Crippen LogP contribution in [-0.2, 0) is 0 Å². The molecule has 3 heterocycles. The van der Waals surface area contributed by atoms with E-state index in [9.17, 15) is 40.9 Å². The Morgan fingerprint density at radius 2 is 1.08 bits per heavy atom. The molecule has 3 saturated heterocycles. The van der Waals surface area contributed by atoms with Crippen LogP contribution in [0.3, 0.4) is 0 Å². The molecule has 5 unspecified atom stereocenters. The predicted molar refractivity (Wildman–Crippen MR) is 188 cm³/mol. The van der Waals surface area contributed by atoms with E-state index in [-0.39, 0.29) is 37.7 Å². The molecule has 0 radical (unpaired) electrons. The topological polar surface area (TPSA) is 239 Å². The van der Waals surface area contributed by atoms with Crippen molar-refractivity contribution in [3.05, 3.63) is 0 Å². The van der Waals surface area contributed by atoms with Gasteiger partial charge in [-0.15, -0.1) is 0 Å². The monoisotopic (exact) mass is 712 g/mol. The maximum Gasteiger partial charge on any atom is 0.129 e. The molecule has 0 aliphatic carbocycles. The molecule has 3 rings (SSSR count). The standard InChI is InChI=1S/C15H31NO4.C15H31NO3.C6H13NO3/c1-2-3-4-5-6-7-8-9-16-10-13(18)15(20)14(19)12(16)11-17;1-2-3-4-5-6-7-8-9-13-12(11-17)15(19)14(18)10-16-13;8-3-4-1-7-2-5(9)6(4)10/h12-15,17-20H,2-11H2,1H3;12-19H,2-11H2,1H3;4-10H,1-3H2/p+2/t2*12?,13?,14-,15-;4?,5-,6-/m111/s1. The Labute approximate surface area is 295 Å². The first kappa shape index (κ1) is 46.5. The molecule has 0 amide bonds. The summed E-state index contributed by atoms with van der Waals surface area (Å²) in [4.78, 5) is 1.90. The molecular formula is C36H77N3O10+2. The van der Waals surface area contributed by atoms with Gasteiger partial charge in [-0.05, 0) is 25.8 Å². The van der Waals surface area contributed by atoms with Gasteiger partial charge in [0.2, 0.25) is 0 Å². The fraction of sp³-hybridized carbons (Fsp3) is 1.00. The van der Waals surface area contributed by atoms with E-state index < -0.39 is 48.8 Å². The Balaban J connectivity index is 0.000000387. The lowest BCUT2D eigenvalue weighted by atomic mass is 9.84. The first-order chi connectivity index (χ1) is 23.6. The summed E-state index contributed by atoms with van der Waals surface area (Å²) in [6.45, 7) is 7.03. The summed E-state index contributed by atoms with van der Waals surface area (Å²) in [6, 6.07) is -0.201. The summed E-state index contributed by atoms with van der Waals surface area (Å²) in [5, 5.41) is 98.3. The van der Waals surface area contributed by atoms with E-state index in [0.29, 0.717) is 26.2 Å². The van der Waals surface area contributed by atoms with E-state index in [0.717, 1.165) is 32.2 Å². The zero-order valence-corrected chi connectivity index (χ0v) is 30.7. The van der Waals surface area contributed by atoms with Crippen molar-refractivity contribution in [2.45, 2.75) is 165 Å². The minimum Gasteiger partial charge on any atom is -0.396 e. The Morgan fingerprint density at radius 1 is 0.531 bits per heavy atom. The molecule has 11 atom stereocenters. The first-order valence-corrected chi connectivity index (χ1v) is 19.6. The molecule has 0 saturated carbocycles. The number of nitrogens with two attached hydrogens (primary N) is 2. The number of quaternary nitrogens is 2. The maximum atomic E-state index is 9.88. The molecule has 0 bridgehead atoms. The van der Waals surface area contributed by atoms with Crippen molar-refractivity contribution in [3.8, 4) is 0 Å². The third-order valence-corrected chi connectivity index (χ3v) is 10.7. The van der Waals surface area contributed by atoms with Crippen molar-refractivity contribution in [2.75, 3.05) is 52.5 Å². The third-order valence-electron chi connectivity index (χ3n) is 10.7. The van der Waals surface area contributed by atoms with Crippen molar-refractivity contribution in [3.63, 3.8) is 0 Å². The van der Waals surface area contributed by atoms with Gasteiger partial charge in [-0.2, -0.15) is 0 Å². The summed E-state index contributed by atoms with van der Waals surface area (Å²) < 4.78 is 0. The Bertz CT molecular complexity index is 775. The van der Waals surface area contributed by atoms with Crippen LogP contribution in [0.4, 0.5) is 0 Å². The Hall–Kier alpha value is -0.520. The molecule has 0 aromatic rings. The number of hydrogen-bond donors (Lipinski definition) is 12. The van der Waals surface area contributed by atoms with Gasteiger partial charge in [0, 0.05) is 6.54 Å². The molecule has 3 fully saturated rings. The average Bonchev–Trinajstić information content (AvgIpc) is 3.10. The molecule has 0 aromatic heterocycles. The van der Waals surface area contributed by atoms with E-state index in [4.69, 9.17) is 10.2 Å². The molecular weight excluding hydrogens is 634 g/mol. The second kappa shape index (κ2) is 28.0. The number of rotatable bonds is 19. The normalized spacial score (nSPS) is 33.7. The van der Waals surface area contributed by atoms with Crippen molar-refractivity contribution in [2.24, 2.45) is 11.8 Å². The molecule has 294 valence electrons. The number of aliphatic hydroxyl groups is 10. The zero-order chi connectivity index (χ0) is 36.6. The SMILES string of the molecule is CCCCCCCCCC1[NH2+]C[C@@H](O)[C@H](O)C1CO.CCCCCCCCCN1CC(O)[C@@H](O)[C@H](O)C1CO.OCC1C[NH2+]C[C@@H](O)[C@@H]1O. The van der Waals surface area contributed by atoms with Gasteiger partial charge in [-0.3, -0.25) is 4.90 Å². The maximum absolute atomic E-state index is 9.88. The van der Waals surface area contributed by atoms with Crippen LogP contribution < -0.4 is 10.6 Å². The van der Waals surface area contributed by atoms with Crippen LogP contribution in [0.15, 0.2) is 0 Å². The van der Waals surface area contributed by atoms with Crippen molar-refractivity contribution in [1.82, 2.24) is 4.90 Å². The third kappa shape index (κ3) is 17.7. The van der Waals surface area contributed by atoms with Crippen LogP contribution >= 0.6 is 0 Å². The largest absolute Gasteiger partial charge is 0.396 e. The number of likely N-dealkylation sites (tertiary alicyclic amines) is 1. The summed E-state index contributed by atoms with van der Waals surface area (Å²) in [7, 11) is 0. The highest BCUT2D eigenvalue weighted by molar-refractivity contribution is 4.94. The summed E-state index contributed by atoms with van der Waals surface area (Å²) >= 11 is 0. The van der Waals surface area contributed by atoms with Gasteiger partial charge in [0.25, 0.3) is 0 Å². The van der Waals surface area contributed by atoms with Gasteiger partial charge in [-0.25, -0.2) is 0 Å². The summed E-state index contributed by atoms with van der Waals surface area (Å²) in [6.07, 6.45) is 12.4. The van der Waals surface area contributed by atoms with Gasteiger partial charge in [-0.1, -0.05) is 90.9 Å². The fourth-order valence-electron chi connectivity index (χ4n) is 7.24. The van der Waals surface area contributed by atoms with E-state index in [1.165, 1.54) is 70.6 Å². The van der Waals surface area contributed by atoms with Gasteiger partial charge in [0.05, 0.1) is 68.6 Å². The number of piperidine rings is 3. The molecule has 14 N–H and O–H groups in total. The van der Waals surface area contributed by atoms with Crippen LogP contribution in [-0.4, -0.2) is 163 Å². The zero-order valence-electron chi connectivity index (χ0n) is 30.7. The molecule has 13 nitrogen and oxygen atoms in total. The second-order valence-electron chi connectivity index (χ2n) is 14.6. The van der Waals surface area contributed by atoms with Crippen LogP contribution in [0.5, 0.6) is 0 Å². The highest BCUT2D eigenvalue weighted by Gasteiger charge is 2.41. The number of nitrogens with zero attached hydrogens (tertiary/aromatic N) is 1. The lowest BCUT2D eigenvalue weighted by Gasteiger charge is -2.43. The smallest absolute Gasteiger partial charge is 0.129 e. The number of β-amino-alcohol motifs (C(OH)–C–C–N with tert-alkyl or cyclic N) is 1. The van der Waals surface area contributed by atoms with Gasteiger partial charge in [0.1, 0.15) is 37.5 Å². The van der Waals surface area contributed by atoms with Crippen molar-refractivity contribution < 1.29 is 61.7 Å². The van der Waals surface area contributed by atoms with E-state index >= 15 is 0 Å². The van der Waals surface area contributed by atoms with Crippen LogP contribution in [0, 0.1) is 11.8 Å². The molecule has 0 aromatic carbocycles. The highest BCUT2D eigenvalue weighted by atomic mass is 16.4. The average molecular weight is 712 g/mol. The summed E-state index contributed by atoms with van der Waals surface area (Å²) in [5.74, 6) is -0.340. The number of aliphatic hydroxyl groups excluding tert-OH is 10. The van der Waals surface area contributed by atoms with Crippen molar-refractivity contribution >= 4 is 0 Å². The molecule has 49 heavy (non-hydrogen) atoms. The lowest BCUT2D eigenvalue weighted by molar-refractivity contribution is -0.716. The Morgan fingerprint density at radius 3 is 1.61 bits per heavy atom. The quantitative estimate of drug-likeness (QED) is 0.0642. The van der Waals surface area contributed by atoms with Gasteiger partial charge in [0.15, 0.2) is 0 Å². The second-order valence-corrected chi connectivity index (χ2v) is 14.6. The Kier molecular flexibility index (Phi) is 26.6.